The molecule has 33 heavy (non-hydrogen) atoms. The molecular weight excluding hydrogens is 408 g/mol. The topological polar surface area (TPSA) is 66.6 Å². The largest absolute Gasteiger partial charge is 0.389 e. The second-order valence-corrected chi connectivity index (χ2v) is 9.40. The Morgan fingerprint density at radius 1 is 0.939 bits per heavy atom. The summed E-state index contributed by atoms with van der Waals surface area (Å²) in [5.41, 5.74) is 10.7. The zero-order valence-corrected chi connectivity index (χ0v) is 19.4. The number of carbonyl (C=O) groups excluding carboxylic acids is 1. The Morgan fingerprint density at radius 2 is 1.55 bits per heavy atom. The van der Waals surface area contributed by atoms with Gasteiger partial charge in [-0.15, -0.1) is 0 Å². The molecule has 0 radical (unpaired) electrons. The van der Waals surface area contributed by atoms with Gasteiger partial charge in [-0.3, -0.25) is 4.79 Å². The maximum Gasteiger partial charge on any atom is 0.223 e. The van der Waals surface area contributed by atoms with E-state index in [0.29, 0.717) is 45.3 Å². The Morgan fingerprint density at radius 3 is 2.18 bits per heavy atom. The summed E-state index contributed by atoms with van der Waals surface area (Å²) in [5.74, 6) is 0.371. The highest BCUT2D eigenvalue weighted by Crippen LogP contribution is 2.30. The van der Waals surface area contributed by atoms with Crippen molar-refractivity contribution in [2.45, 2.75) is 50.7 Å². The molecule has 0 aromatic heterocycles. The van der Waals surface area contributed by atoms with Crippen molar-refractivity contribution in [3.05, 3.63) is 95.6 Å². The Kier molecular flexibility index (Phi) is 7.26. The van der Waals surface area contributed by atoms with Gasteiger partial charge in [-0.1, -0.05) is 79.7 Å². The molecule has 1 atom stereocenters. The van der Waals surface area contributed by atoms with E-state index in [4.69, 9.17) is 5.73 Å². The summed E-state index contributed by atoms with van der Waals surface area (Å²) < 4.78 is 0. The first-order valence-corrected chi connectivity index (χ1v) is 11.9. The third-order valence-electron chi connectivity index (χ3n) is 6.85. The maximum atomic E-state index is 12.8. The number of hydrogen-bond acceptors (Lipinski definition) is 3. The number of nitrogens with zero attached hydrogens (tertiary/aromatic N) is 1. The summed E-state index contributed by atoms with van der Waals surface area (Å²) in [7, 11) is 0. The summed E-state index contributed by atoms with van der Waals surface area (Å²) in [5, 5.41) is 11.3. The number of carbonyl (C=O) groups is 1. The fraction of sp³-hybridized carbons (Fsp3) is 0.345. The molecule has 3 aromatic carbocycles. The molecular formula is C29H34N2O2. The van der Waals surface area contributed by atoms with E-state index >= 15 is 0 Å². The second kappa shape index (κ2) is 10.3. The van der Waals surface area contributed by atoms with Crippen LogP contribution in [0.25, 0.3) is 11.1 Å². The van der Waals surface area contributed by atoms with Crippen LogP contribution >= 0.6 is 0 Å². The number of hydrogen-bond donors (Lipinski definition) is 2. The van der Waals surface area contributed by atoms with Crippen LogP contribution in [0.15, 0.2) is 78.9 Å². The predicted octanol–water partition coefficient (Wildman–Crippen LogP) is 4.90. The van der Waals surface area contributed by atoms with Gasteiger partial charge in [-0.05, 0) is 52.6 Å². The fourth-order valence-corrected chi connectivity index (χ4v) is 4.76. The summed E-state index contributed by atoms with van der Waals surface area (Å²) in [4.78, 5) is 14.8. The molecule has 0 aliphatic carbocycles. The van der Waals surface area contributed by atoms with E-state index < -0.39 is 5.60 Å². The Labute approximate surface area is 197 Å². The van der Waals surface area contributed by atoms with Crippen LogP contribution in [0.5, 0.6) is 0 Å². The molecule has 1 heterocycles. The summed E-state index contributed by atoms with van der Waals surface area (Å²) >= 11 is 0. The van der Waals surface area contributed by atoms with Crippen molar-refractivity contribution in [3.8, 4) is 11.1 Å². The van der Waals surface area contributed by atoms with Crippen LogP contribution in [-0.2, 0) is 17.8 Å². The van der Waals surface area contributed by atoms with Gasteiger partial charge in [0.05, 0.1) is 5.60 Å². The van der Waals surface area contributed by atoms with E-state index in [2.05, 4.69) is 49.4 Å². The second-order valence-electron chi connectivity index (χ2n) is 9.40. The zero-order chi connectivity index (χ0) is 23.3. The zero-order valence-electron chi connectivity index (χ0n) is 19.4. The molecule has 3 N–H and O–H groups in total. The summed E-state index contributed by atoms with van der Waals surface area (Å²) in [6.45, 7) is 3.83. The van der Waals surface area contributed by atoms with Crippen molar-refractivity contribution in [1.29, 1.82) is 0 Å². The van der Waals surface area contributed by atoms with Gasteiger partial charge < -0.3 is 15.7 Å². The lowest BCUT2D eigenvalue weighted by Gasteiger charge is -2.38. The number of likely N-dealkylation sites (tertiary alicyclic amines) is 1. The van der Waals surface area contributed by atoms with Crippen LogP contribution in [0, 0.1) is 0 Å². The fourth-order valence-electron chi connectivity index (χ4n) is 4.76. The number of benzene rings is 3. The van der Waals surface area contributed by atoms with Crippen LogP contribution in [0.2, 0.25) is 0 Å². The van der Waals surface area contributed by atoms with E-state index in [9.17, 15) is 9.90 Å². The van der Waals surface area contributed by atoms with Crippen molar-refractivity contribution >= 4 is 5.91 Å². The monoisotopic (exact) mass is 442 g/mol. The lowest BCUT2D eigenvalue weighted by Crippen LogP contribution is -2.47. The van der Waals surface area contributed by atoms with E-state index in [-0.39, 0.29) is 11.8 Å². The van der Waals surface area contributed by atoms with Gasteiger partial charge in [0.2, 0.25) is 5.91 Å². The Balaban J connectivity index is 1.35. The average Bonchev–Trinajstić information content (AvgIpc) is 2.85. The molecule has 0 spiro atoms. The lowest BCUT2D eigenvalue weighted by atomic mass is 9.84. The first kappa shape index (κ1) is 23.2. The van der Waals surface area contributed by atoms with Gasteiger partial charge >= 0.3 is 0 Å². The molecule has 3 aromatic rings. The summed E-state index contributed by atoms with van der Waals surface area (Å²) in [6, 6.07) is 26.8. The number of amides is 1. The number of piperidine rings is 1. The highest BCUT2D eigenvalue weighted by molar-refractivity contribution is 5.77. The van der Waals surface area contributed by atoms with Crippen LogP contribution in [0.3, 0.4) is 0 Å². The van der Waals surface area contributed by atoms with Crippen molar-refractivity contribution in [1.82, 2.24) is 4.90 Å². The highest BCUT2D eigenvalue weighted by atomic mass is 16.3. The van der Waals surface area contributed by atoms with Crippen LogP contribution in [-0.4, -0.2) is 34.6 Å². The standard InChI is InChI=1S/C29H34N2O2/c1-22(25-9-3-2-4-10-25)17-28(32)31-15-13-29(33,14-16-31)20-23-7-5-11-26(18-23)27-12-6-8-24(19-27)21-30/h2-12,18-19,22,33H,13-17,20-21,30H2,1H3. The molecule has 1 aliphatic rings. The van der Waals surface area contributed by atoms with E-state index in [1.165, 1.54) is 5.56 Å². The molecule has 1 unspecified atom stereocenters. The first-order chi connectivity index (χ1) is 16.0. The van der Waals surface area contributed by atoms with E-state index in [1.807, 2.05) is 41.3 Å². The highest BCUT2D eigenvalue weighted by Gasteiger charge is 2.34. The average molecular weight is 443 g/mol. The number of aliphatic hydroxyl groups is 1. The Hall–Kier alpha value is -2.95. The Bertz CT molecular complexity index is 1070. The van der Waals surface area contributed by atoms with Crippen molar-refractivity contribution in [2.24, 2.45) is 5.73 Å². The molecule has 4 heteroatoms. The predicted molar refractivity (Wildman–Crippen MR) is 134 cm³/mol. The minimum atomic E-state index is -0.778. The van der Waals surface area contributed by atoms with Gasteiger partial charge in [-0.25, -0.2) is 0 Å². The van der Waals surface area contributed by atoms with Crippen molar-refractivity contribution in [3.63, 3.8) is 0 Å². The molecule has 4 rings (SSSR count). The van der Waals surface area contributed by atoms with Gasteiger partial charge in [0.15, 0.2) is 0 Å². The number of rotatable bonds is 7. The third-order valence-corrected chi connectivity index (χ3v) is 6.85. The lowest BCUT2D eigenvalue weighted by molar-refractivity contribution is -0.135. The first-order valence-electron chi connectivity index (χ1n) is 11.9. The molecule has 4 nitrogen and oxygen atoms in total. The van der Waals surface area contributed by atoms with Gasteiger partial charge in [0.25, 0.3) is 0 Å². The van der Waals surface area contributed by atoms with E-state index in [0.717, 1.165) is 22.3 Å². The maximum absolute atomic E-state index is 12.8. The van der Waals surface area contributed by atoms with Crippen LogP contribution < -0.4 is 5.73 Å². The van der Waals surface area contributed by atoms with Crippen molar-refractivity contribution in [2.75, 3.05) is 13.1 Å². The quantitative estimate of drug-likeness (QED) is 0.547. The van der Waals surface area contributed by atoms with Crippen LogP contribution in [0.1, 0.15) is 48.8 Å². The van der Waals surface area contributed by atoms with Gasteiger partial charge in [-0.2, -0.15) is 0 Å². The molecule has 0 saturated carbocycles. The smallest absolute Gasteiger partial charge is 0.223 e. The third kappa shape index (κ3) is 5.89. The molecule has 0 bridgehead atoms. The molecule has 1 saturated heterocycles. The minimum Gasteiger partial charge on any atom is -0.389 e. The van der Waals surface area contributed by atoms with E-state index in [1.54, 1.807) is 0 Å². The molecule has 1 fully saturated rings. The SMILES string of the molecule is CC(CC(=O)N1CCC(O)(Cc2cccc(-c3cccc(CN)c3)c2)CC1)c1ccccc1. The molecule has 1 aliphatic heterocycles. The normalized spacial score (nSPS) is 16.4. The summed E-state index contributed by atoms with van der Waals surface area (Å²) in [6.07, 6.45) is 2.31. The molecule has 1 amide bonds. The molecule has 172 valence electrons. The number of nitrogens with two attached hydrogens (primary N) is 1. The van der Waals surface area contributed by atoms with Crippen LogP contribution in [0.4, 0.5) is 0 Å². The van der Waals surface area contributed by atoms with Crippen molar-refractivity contribution < 1.29 is 9.90 Å². The van der Waals surface area contributed by atoms with Gasteiger partial charge in [0.1, 0.15) is 0 Å². The van der Waals surface area contributed by atoms with Gasteiger partial charge in [0, 0.05) is 32.5 Å². The minimum absolute atomic E-state index is 0.176.